The molecule has 0 amide bonds. The van der Waals surface area contributed by atoms with Gasteiger partial charge in [0, 0.05) is 5.56 Å². The van der Waals surface area contributed by atoms with Gasteiger partial charge in [-0.15, -0.1) is 10.2 Å². The minimum absolute atomic E-state index is 0.617. The molecule has 1 aromatic carbocycles. The Hall–Kier alpha value is -2.36. The topological polar surface area (TPSA) is 39.4 Å². The predicted octanol–water partition coefficient (Wildman–Crippen LogP) is 2.80. The normalized spacial score (nSPS) is 10.7. The molecule has 4 heteroatoms. The van der Waals surface area contributed by atoms with Crippen LogP contribution in [0.3, 0.4) is 0 Å². The Morgan fingerprint density at radius 3 is 2.61 bits per heavy atom. The zero-order valence-corrected chi connectivity index (χ0v) is 10.1. The van der Waals surface area contributed by atoms with Crippen LogP contribution < -0.4 is 4.74 Å². The van der Waals surface area contributed by atoms with Crippen molar-refractivity contribution in [3.63, 3.8) is 0 Å². The van der Waals surface area contributed by atoms with Crippen molar-refractivity contribution >= 4 is 5.65 Å². The predicted molar refractivity (Wildman–Crippen MR) is 69.6 cm³/mol. The number of nitrogens with zero attached hydrogens (tertiary/aromatic N) is 3. The number of ether oxygens (including phenoxy) is 1. The largest absolute Gasteiger partial charge is 0.479 e. The van der Waals surface area contributed by atoms with Gasteiger partial charge in [-0.1, -0.05) is 36.4 Å². The Bertz CT molecular complexity index is 661. The van der Waals surface area contributed by atoms with E-state index in [1.165, 1.54) is 0 Å². The first-order chi connectivity index (χ1) is 8.90. The van der Waals surface area contributed by atoms with Gasteiger partial charge in [-0.2, -0.15) is 0 Å². The maximum Gasteiger partial charge on any atom is 0.201 e. The molecule has 0 N–H and O–H groups in total. The van der Waals surface area contributed by atoms with Crippen LogP contribution in [0.2, 0.25) is 0 Å². The van der Waals surface area contributed by atoms with Crippen LogP contribution in [0.25, 0.3) is 17.0 Å². The Morgan fingerprint density at radius 2 is 1.83 bits per heavy atom. The third-order valence-electron chi connectivity index (χ3n) is 2.72. The van der Waals surface area contributed by atoms with E-state index < -0.39 is 0 Å². The van der Waals surface area contributed by atoms with E-state index in [9.17, 15) is 0 Å². The molecule has 3 rings (SSSR count). The lowest BCUT2D eigenvalue weighted by atomic mass is 10.2. The number of hydrogen-bond donors (Lipinski definition) is 0. The third kappa shape index (κ3) is 1.72. The van der Waals surface area contributed by atoms with Crippen molar-refractivity contribution in [2.45, 2.75) is 6.92 Å². The van der Waals surface area contributed by atoms with Crippen LogP contribution >= 0.6 is 0 Å². The third-order valence-corrected chi connectivity index (χ3v) is 2.72. The molecule has 0 atom stereocenters. The minimum atomic E-state index is 0.617. The van der Waals surface area contributed by atoms with Crippen molar-refractivity contribution in [2.75, 3.05) is 6.61 Å². The first-order valence-corrected chi connectivity index (χ1v) is 5.92. The summed E-state index contributed by atoms with van der Waals surface area (Å²) in [5.41, 5.74) is 1.82. The Labute approximate surface area is 105 Å². The Morgan fingerprint density at radius 1 is 1.00 bits per heavy atom. The molecule has 0 aliphatic carbocycles. The second kappa shape index (κ2) is 4.49. The molecular weight excluding hydrogens is 226 g/mol. The fourth-order valence-electron chi connectivity index (χ4n) is 1.95. The fourth-order valence-corrected chi connectivity index (χ4v) is 1.95. The molecule has 0 aliphatic rings. The molecule has 0 radical (unpaired) electrons. The Kier molecular flexibility index (Phi) is 2.68. The van der Waals surface area contributed by atoms with Gasteiger partial charge < -0.3 is 4.74 Å². The molecule has 0 aliphatic heterocycles. The van der Waals surface area contributed by atoms with Crippen molar-refractivity contribution < 1.29 is 4.74 Å². The highest BCUT2D eigenvalue weighted by molar-refractivity contribution is 5.60. The number of fused-ring (bicyclic) bond motifs is 1. The lowest BCUT2D eigenvalue weighted by molar-refractivity contribution is 0.323. The highest BCUT2D eigenvalue weighted by Gasteiger charge is 2.11. The van der Waals surface area contributed by atoms with Gasteiger partial charge >= 0.3 is 0 Å². The van der Waals surface area contributed by atoms with Crippen molar-refractivity contribution in [3.05, 3.63) is 48.5 Å². The number of pyridine rings is 1. The van der Waals surface area contributed by atoms with Crippen LogP contribution in [0.1, 0.15) is 6.92 Å². The van der Waals surface area contributed by atoms with Gasteiger partial charge in [-0.25, -0.2) is 4.40 Å². The monoisotopic (exact) mass is 239 g/mol. The van der Waals surface area contributed by atoms with Crippen LogP contribution in [0.5, 0.6) is 5.88 Å². The fraction of sp³-hybridized carbons (Fsp3) is 0.143. The molecule has 4 nitrogen and oxygen atoms in total. The van der Waals surface area contributed by atoms with Crippen LogP contribution in [0, 0.1) is 0 Å². The molecule has 0 unspecified atom stereocenters. The lowest BCUT2D eigenvalue weighted by Crippen LogP contribution is -1.99. The summed E-state index contributed by atoms with van der Waals surface area (Å²) in [6, 6.07) is 15.7. The molecule has 3 aromatic rings. The van der Waals surface area contributed by atoms with Gasteiger partial charge in [0.15, 0.2) is 11.5 Å². The molecular formula is C14H13N3O. The van der Waals surface area contributed by atoms with E-state index in [-0.39, 0.29) is 0 Å². The van der Waals surface area contributed by atoms with Gasteiger partial charge in [0.25, 0.3) is 0 Å². The summed E-state index contributed by atoms with van der Waals surface area (Å²) in [6.45, 7) is 2.58. The molecule has 18 heavy (non-hydrogen) atoms. The van der Waals surface area contributed by atoms with E-state index in [0.29, 0.717) is 6.61 Å². The maximum atomic E-state index is 5.62. The SMILES string of the molecule is CCOc1cccc2nnc(-c3ccccc3)n12. The van der Waals surface area contributed by atoms with Gasteiger partial charge in [-0.05, 0) is 19.1 Å². The second-order valence-electron chi connectivity index (χ2n) is 3.88. The number of aromatic nitrogens is 3. The summed E-state index contributed by atoms with van der Waals surface area (Å²) in [4.78, 5) is 0. The van der Waals surface area contributed by atoms with Gasteiger partial charge in [0.2, 0.25) is 5.88 Å². The van der Waals surface area contributed by atoms with Crippen molar-refractivity contribution in [2.24, 2.45) is 0 Å². The number of benzene rings is 1. The second-order valence-corrected chi connectivity index (χ2v) is 3.88. The smallest absolute Gasteiger partial charge is 0.201 e. The van der Waals surface area contributed by atoms with Crippen LogP contribution in [-0.4, -0.2) is 21.2 Å². The lowest BCUT2D eigenvalue weighted by Gasteiger charge is -2.07. The molecule has 0 fully saturated rings. The molecule has 0 spiro atoms. The first kappa shape index (κ1) is 10.8. The van der Waals surface area contributed by atoms with E-state index >= 15 is 0 Å². The highest BCUT2D eigenvalue weighted by Crippen LogP contribution is 2.23. The average Bonchev–Trinajstić information content (AvgIpc) is 2.85. The standard InChI is InChI=1S/C14H13N3O/c1-2-18-13-10-6-9-12-15-16-14(17(12)13)11-7-4-3-5-8-11/h3-10H,2H2,1H3. The van der Waals surface area contributed by atoms with Crippen molar-refractivity contribution in [1.82, 2.24) is 14.6 Å². The van der Waals surface area contributed by atoms with Crippen molar-refractivity contribution in [3.8, 4) is 17.3 Å². The van der Waals surface area contributed by atoms with Gasteiger partial charge in [0.1, 0.15) is 0 Å². The molecule has 0 bridgehead atoms. The Balaban J connectivity index is 2.24. The van der Waals surface area contributed by atoms with E-state index in [4.69, 9.17) is 4.74 Å². The molecule has 0 saturated carbocycles. The van der Waals surface area contributed by atoms with Gasteiger partial charge in [-0.3, -0.25) is 0 Å². The highest BCUT2D eigenvalue weighted by atomic mass is 16.5. The van der Waals surface area contributed by atoms with E-state index in [0.717, 1.165) is 22.9 Å². The van der Waals surface area contributed by atoms with E-state index in [1.807, 2.05) is 59.9 Å². The van der Waals surface area contributed by atoms with E-state index in [2.05, 4.69) is 10.2 Å². The van der Waals surface area contributed by atoms with Crippen LogP contribution in [-0.2, 0) is 0 Å². The molecule has 2 aromatic heterocycles. The average molecular weight is 239 g/mol. The molecule has 90 valence electrons. The summed E-state index contributed by atoms with van der Waals surface area (Å²) in [6.07, 6.45) is 0. The van der Waals surface area contributed by atoms with Gasteiger partial charge in [0.05, 0.1) is 6.61 Å². The summed E-state index contributed by atoms with van der Waals surface area (Å²) in [5, 5.41) is 8.41. The number of hydrogen-bond acceptors (Lipinski definition) is 3. The minimum Gasteiger partial charge on any atom is -0.479 e. The zero-order valence-electron chi connectivity index (χ0n) is 10.1. The quantitative estimate of drug-likeness (QED) is 0.705. The summed E-state index contributed by atoms with van der Waals surface area (Å²) >= 11 is 0. The first-order valence-electron chi connectivity index (χ1n) is 5.92. The van der Waals surface area contributed by atoms with Crippen LogP contribution in [0.15, 0.2) is 48.5 Å². The maximum absolute atomic E-state index is 5.62. The van der Waals surface area contributed by atoms with Crippen LogP contribution in [0.4, 0.5) is 0 Å². The number of rotatable bonds is 3. The molecule has 2 heterocycles. The molecule has 0 saturated heterocycles. The zero-order chi connectivity index (χ0) is 12.4. The van der Waals surface area contributed by atoms with E-state index in [1.54, 1.807) is 0 Å². The summed E-state index contributed by atoms with van der Waals surface area (Å²) in [7, 11) is 0. The summed E-state index contributed by atoms with van der Waals surface area (Å²) in [5.74, 6) is 1.56. The summed E-state index contributed by atoms with van der Waals surface area (Å²) < 4.78 is 7.55. The van der Waals surface area contributed by atoms with Crippen molar-refractivity contribution in [1.29, 1.82) is 0 Å².